The van der Waals surface area contributed by atoms with E-state index in [4.69, 9.17) is 23.2 Å². The topological polar surface area (TPSA) is 93.1 Å². The van der Waals surface area contributed by atoms with Gasteiger partial charge in [-0.2, -0.15) is 0 Å². The number of nitrogens with zero attached hydrogens (tertiary/aromatic N) is 2. The molecule has 0 saturated heterocycles. The number of thiophene rings is 2. The average molecular weight is 600 g/mol. The van der Waals surface area contributed by atoms with Crippen LogP contribution in [0.2, 0.25) is 0 Å². The Hall–Kier alpha value is -3.50. The van der Waals surface area contributed by atoms with E-state index in [-0.39, 0.29) is 22.8 Å². The van der Waals surface area contributed by atoms with Crippen LogP contribution in [0.3, 0.4) is 0 Å². The predicted octanol–water partition coefficient (Wildman–Crippen LogP) is 7.31. The monoisotopic (exact) mass is 598 g/mol. The number of fused-ring (bicyclic) bond motifs is 1. The number of nitrogens with one attached hydrogen (secondary N) is 2. The van der Waals surface area contributed by atoms with Crippen LogP contribution in [0, 0.1) is 0 Å². The fraction of sp³-hybridized carbons (Fsp3) is 0.143. The van der Waals surface area contributed by atoms with E-state index >= 15 is 0 Å². The third kappa shape index (κ3) is 6.93. The highest BCUT2D eigenvalue weighted by Crippen LogP contribution is 2.25. The summed E-state index contributed by atoms with van der Waals surface area (Å²) in [4.78, 5) is 41.3. The number of hydrogen-bond donors (Lipinski definition) is 2. The van der Waals surface area contributed by atoms with Crippen LogP contribution in [-0.4, -0.2) is 26.7 Å². The van der Waals surface area contributed by atoms with Gasteiger partial charge in [0, 0.05) is 5.69 Å². The van der Waals surface area contributed by atoms with E-state index in [9.17, 15) is 14.4 Å². The second-order valence-electron chi connectivity index (χ2n) is 8.29. The predicted molar refractivity (Wildman–Crippen MR) is 162 cm³/mol. The number of anilines is 2. The SMILES string of the molecule is CC(Cl)C(=O)Nc1ccsc1C(=O)Nc1ccccc1.CC(Cl)c1nc2ccsc2c(=O)n1-c1ccccc1. The number of hydrogen-bond acceptors (Lipinski definition) is 6. The molecule has 200 valence electrons. The molecule has 0 saturated carbocycles. The number of aromatic nitrogens is 2. The molecule has 0 bridgehead atoms. The molecule has 0 spiro atoms. The summed E-state index contributed by atoms with van der Waals surface area (Å²) in [5.41, 5.74) is 2.62. The highest BCUT2D eigenvalue weighted by Gasteiger charge is 2.18. The molecule has 0 aliphatic carbocycles. The highest BCUT2D eigenvalue weighted by molar-refractivity contribution is 7.17. The Morgan fingerprint density at radius 1 is 0.872 bits per heavy atom. The van der Waals surface area contributed by atoms with Crippen molar-refractivity contribution in [2.24, 2.45) is 0 Å². The summed E-state index contributed by atoms with van der Waals surface area (Å²) in [5.74, 6) is -0.0219. The van der Waals surface area contributed by atoms with E-state index in [1.807, 2.05) is 66.9 Å². The molecule has 7 nitrogen and oxygen atoms in total. The molecule has 3 aromatic heterocycles. The molecule has 0 radical (unpaired) electrons. The van der Waals surface area contributed by atoms with E-state index in [1.165, 1.54) is 22.7 Å². The van der Waals surface area contributed by atoms with Crippen molar-refractivity contribution in [3.05, 3.63) is 105 Å². The van der Waals surface area contributed by atoms with E-state index in [0.717, 1.165) is 5.69 Å². The van der Waals surface area contributed by atoms with Crippen LogP contribution >= 0.6 is 45.9 Å². The van der Waals surface area contributed by atoms with E-state index in [0.29, 0.717) is 32.3 Å². The van der Waals surface area contributed by atoms with Crippen molar-refractivity contribution in [2.75, 3.05) is 10.6 Å². The molecule has 0 aliphatic rings. The Kier molecular flexibility index (Phi) is 9.53. The molecule has 0 aliphatic heterocycles. The lowest BCUT2D eigenvalue weighted by Crippen LogP contribution is -2.23. The molecule has 11 heteroatoms. The number of alkyl halides is 2. The number of rotatable bonds is 6. The van der Waals surface area contributed by atoms with Crippen LogP contribution in [0.5, 0.6) is 0 Å². The fourth-order valence-electron chi connectivity index (χ4n) is 3.55. The van der Waals surface area contributed by atoms with Crippen LogP contribution in [0.15, 0.2) is 88.4 Å². The maximum absolute atomic E-state index is 12.6. The third-order valence-corrected chi connectivity index (χ3v) is 7.60. The van der Waals surface area contributed by atoms with Crippen LogP contribution in [0.1, 0.15) is 34.7 Å². The smallest absolute Gasteiger partial charge is 0.276 e. The van der Waals surface area contributed by atoms with Crippen LogP contribution in [0.25, 0.3) is 15.9 Å². The van der Waals surface area contributed by atoms with Crippen LogP contribution < -0.4 is 16.2 Å². The van der Waals surface area contributed by atoms with Crippen molar-refractivity contribution in [1.82, 2.24) is 9.55 Å². The standard InChI is InChI=1S/C14H13ClN2O2S.C14H11ClN2OS/c1-9(15)13(18)17-11-7-8-20-12(11)14(19)16-10-5-3-2-4-6-10;1-9(15)13-16-11-7-8-19-12(11)14(18)17(13)10-5-3-2-4-6-10/h2-9H,1H3,(H,16,19)(H,17,18);2-9H,1H3. The number of carbonyl (C=O) groups excluding carboxylic acids is 2. The third-order valence-electron chi connectivity index (χ3n) is 5.40. The van der Waals surface area contributed by atoms with Crippen LogP contribution in [0.4, 0.5) is 11.4 Å². The van der Waals surface area contributed by atoms with Crippen molar-refractivity contribution in [2.45, 2.75) is 24.6 Å². The Balaban J connectivity index is 0.000000181. The van der Waals surface area contributed by atoms with E-state index in [1.54, 1.807) is 35.1 Å². The highest BCUT2D eigenvalue weighted by atomic mass is 35.5. The van der Waals surface area contributed by atoms with Crippen molar-refractivity contribution < 1.29 is 9.59 Å². The first-order chi connectivity index (χ1) is 18.8. The van der Waals surface area contributed by atoms with Crippen molar-refractivity contribution in [3.8, 4) is 5.69 Å². The maximum atomic E-state index is 12.6. The second-order valence-corrected chi connectivity index (χ2v) is 11.4. The summed E-state index contributed by atoms with van der Waals surface area (Å²) in [5, 5.41) is 8.04. The van der Waals surface area contributed by atoms with Gasteiger partial charge in [0.05, 0.1) is 22.3 Å². The molecule has 2 N–H and O–H groups in total. The Morgan fingerprint density at radius 2 is 1.51 bits per heavy atom. The van der Waals surface area contributed by atoms with Gasteiger partial charge in [-0.25, -0.2) is 4.98 Å². The zero-order valence-corrected chi connectivity index (χ0v) is 24.1. The molecule has 39 heavy (non-hydrogen) atoms. The largest absolute Gasteiger partial charge is 0.323 e. The molecule has 5 rings (SSSR count). The molecule has 2 unspecified atom stereocenters. The van der Waals surface area contributed by atoms with Gasteiger partial charge in [0.1, 0.15) is 20.8 Å². The van der Waals surface area contributed by atoms with Crippen LogP contribution in [-0.2, 0) is 4.79 Å². The Bertz CT molecular complexity index is 1630. The molecule has 3 heterocycles. The van der Waals surface area contributed by atoms with Gasteiger partial charge in [-0.05, 0) is 61.0 Å². The van der Waals surface area contributed by atoms with E-state index in [2.05, 4.69) is 15.6 Å². The van der Waals surface area contributed by atoms with Gasteiger partial charge >= 0.3 is 0 Å². The van der Waals surface area contributed by atoms with Gasteiger partial charge in [0.2, 0.25) is 5.91 Å². The Labute approximate surface area is 243 Å². The molecule has 2 amide bonds. The Morgan fingerprint density at radius 3 is 2.15 bits per heavy atom. The van der Waals surface area contributed by atoms with Gasteiger partial charge in [-0.15, -0.1) is 45.9 Å². The zero-order valence-electron chi connectivity index (χ0n) is 20.9. The lowest BCUT2D eigenvalue weighted by molar-refractivity contribution is -0.115. The minimum absolute atomic E-state index is 0.0614. The summed E-state index contributed by atoms with van der Waals surface area (Å²) in [7, 11) is 0. The molecule has 5 aromatic rings. The maximum Gasteiger partial charge on any atom is 0.276 e. The van der Waals surface area contributed by atoms with Gasteiger partial charge in [-0.3, -0.25) is 19.0 Å². The first-order valence-corrected chi connectivity index (χ1v) is 14.5. The van der Waals surface area contributed by atoms with E-state index < -0.39 is 5.38 Å². The van der Waals surface area contributed by atoms with Gasteiger partial charge in [-0.1, -0.05) is 36.4 Å². The summed E-state index contributed by atoms with van der Waals surface area (Å²) < 4.78 is 2.25. The molecule has 2 atom stereocenters. The number of halogens is 2. The molecule has 0 fully saturated rings. The summed E-state index contributed by atoms with van der Waals surface area (Å²) in [6.45, 7) is 3.40. The minimum atomic E-state index is -0.653. The first-order valence-electron chi connectivity index (χ1n) is 11.8. The first kappa shape index (κ1) is 28.5. The summed E-state index contributed by atoms with van der Waals surface area (Å²) in [6.07, 6.45) is 0. The number of benzene rings is 2. The average Bonchev–Trinajstić information content (AvgIpc) is 3.60. The quantitative estimate of drug-likeness (QED) is 0.200. The fourth-order valence-corrected chi connectivity index (χ4v) is 5.25. The second kappa shape index (κ2) is 13.0. The number of carbonyl (C=O) groups is 2. The molecule has 2 aromatic carbocycles. The zero-order chi connectivity index (χ0) is 27.9. The molecular weight excluding hydrogens is 575 g/mol. The van der Waals surface area contributed by atoms with Crippen molar-refractivity contribution in [1.29, 1.82) is 0 Å². The van der Waals surface area contributed by atoms with Gasteiger partial charge in [0.15, 0.2) is 0 Å². The van der Waals surface area contributed by atoms with Crippen molar-refractivity contribution >= 4 is 79.3 Å². The lowest BCUT2D eigenvalue weighted by atomic mass is 10.3. The van der Waals surface area contributed by atoms with Crippen molar-refractivity contribution in [3.63, 3.8) is 0 Å². The summed E-state index contributed by atoms with van der Waals surface area (Å²) in [6, 6.07) is 22.1. The molecular formula is C28H24Cl2N4O3S2. The number of para-hydroxylation sites is 2. The lowest BCUT2D eigenvalue weighted by Gasteiger charge is -2.13. The summed E-state index contributed by atoms with van der Waals surface area (Å²) >= 11 is 14.5. The van der Waals surface area contributed by atoms with Gasteiger partial charge < -0.3 is 10.6 Å². The van der Waals surface area contributed by atoms with Gasteiger partial charge in [0.25, 0.3) is 11.5 Å². The minimum Gasteiger partial charge on any atom is -0.323 e. The normalized spacial score (nSPS) is 12.2. The number of amides is 2.